The van der Waals surface area contributed by atoms with E-state index >= 15 is 0 Å². The van der Waals surface area contributed by atoms with Gasteiger partial charge in [-0.1, -0.05) is 120 Å². The summed E-state index contributed by atoms with van der Waals surface area (Å²) in [5.74, 6) is -0.933. The predicted octanol–water partition coefficient (Wildman–Crippen LogP) is 12.9. The van der Waals surface area contributed by atoms with E-state index in [4.69, 9.17) is 19.5 Å². The summed E-state index contributed by atoms with van der Waals surface area (Å²) >= 11 is 0. The van der Waals surface area contributed by atoms with Crippen molar-refractivity contribution in [1.82, 2.24) is 9.97 Å². The molecule has 0 bridgehead atoms. The van der Waals surface area contributed by atoms with Crippen molar-refractivity contribution >= 4 is 21.9 Å². The van der Waals surface area contributed by atoms with Gasteiger partial charge in [0.05, 0.1) is 5.58 Å². The Morgan fingerprint density at radius 3 is 2.25 bits per heavy atom. The average molecular weight is 887 g/mol. The second-order valence-corrected chi connectivity index (χ2v) is 15.5. The van der Waals surface area contributed by atoms with Crippen LogP contribution in [-0.4, -0.2) is 9.97 Å². The van der Waals surface area contributed by atoms with Crippen LogP contribution >= 0.6 is 0 Å². The van der Waals surface area contributed by atoms with Gasteiger partial charge >= 0.3 is 0 Å². The van der Waals surface area contributed by atoms with Crippen LogP contribution in [0.2, 0.25) is 0 Å². The van der Waals surface area contributed by atoms with E-state index in [9.17, 15) is 1.37 Å². The van der Waals surface area contributed by atoms with Gasteiger partial charge in [0.25, 0.3) is 0 Å². The number of nitrogens with zero attached hydrogens (tertiary/aromatic N) is 2. The Morgan fingerprint density at radius 1 is 0.811 bits per heavy atom. The maximum atomic E-state index is 9.91. The van der Waals surface area contributed by atoms with E-state index in [0.29, 0.717) is 33.6 Å². The van der Waals surface area contributed by atoms with E-state index in [1.807, 2.05) is 63.2 Å². The van der Waals surface area contributed by atoms with Gasteiger partial charge in [-0.05, 0) is 88.2 Å². The summed E-state index contributed by atoms with van der Waals surface area (Å²) in [5, 5.41) is 1.69. The second kappa shape index (κ2) is 14.5. The SMILES string of the molecule is [2H]C([2H])([2H])c1c[c-]c(-c2cc(C([2H])([2H])C(C)(C)C)ccn2)cc1.[2H]C([2H])([2H])c1cnc(-c2[c-]ccc3c2oc2cc4c(cc23)C(C)(C)C([2H])(c2ccccc2)C4(C)C)cc1C([2H])([2H])[2H].[Ir]. The number of benzene rings is 4. The summed E-state index contributed by atoms with van der Waals surface area (Å²) < 4.78 is 102. The maximum Gasteiger partial charge on any atom is 0.121 e. The first kappa shape index (κ1) is 25.6. The molecule has 7 aromatic rings. The maximum absolute atomic E-state index is 9.91. The smallest absolute Gasteiger partial charge is 0.121 e. The third kappa shape index (κ3) is 7.42. The number of hydrogen-bond acceptors (Lipinski definition) is 3. The van der Waals surface area contributed by atoms with Gasteiger partial charge in [-0.3, -0.25) is 0 Å². The van der Waals surface area contributed by atoms with E-state index in [1.165, 1.54) is 18.2 Å². The Balaban J connectivity index is 0.000000249. The Kier molecular flexibility index (Phi) is 6.99. The zero-order valence-electron chi connectivity index (χ0n) is 43.0. The summed E-state index contributed by atoms with van der Waals surface area (Å²) in [5.41, 5.74) is 4.75. The Morgan fingerprint density at radius 2 is 1.57 bits per heavy atom. The van der Waals surface area contributed by atoms with Gasteiger partial charge in [-0.15, -0.1) is 53.6 Å². The second-order valence-electron chi connectivity index (χ2n) is 15.5. The molecule has 0 amide bonds. The molecule has 1 aliphatic rings. The molecule has 53 heavy (non-hydrogen) atoms. The monoisotopic (exact) mass is 887 g/mol. The molecular weight excluding hydrogens is 825 g/mol. The molecule has 1 unspecified atom stereocenters. The molecule has 8 rings (SSSR count). The standard InChI is InChI=1S/C32H30NO.C17H20N.Ir/c1-19-15-27(33-18-20(19)2)23-14-10-13-22-24-16-25-26(17-28(24)34-29(22)23)32(5,6)30(31(25,3)4)21-11-8-7-9-12-21;1-13-5-7-15(8-6-13)16-11-14(9-10-18-16)12-17(2,3)4;/h7-13,15-18,30H,1-6H3;5-7,9-11H,12H2,1-4H3;/q2*-1;/i1D3,2D3,30D;1D3,12D2;. The molecule has 0 N–H and O–H groups in total. The van der Waals surface area contributed by atoms with E-state index in [1.54, 1.807) is 30.5 Å². The average Bonchev–Trinajstić information content (AvgIpc) is 3.64. The zero-order valence-corrected chi connectivity index (χ0v) is 33.3. The van der Waals surface area contributed by atoms with Crippen LogP contribution in [0.4, 0.5) is 0 Å². The molecule has 4 heteroatoms. The van der Waals surface area contributed by atoms with E-state index in [2.05, 4.69) is 55.9 Å². The molecular formula is C49H50IrN2O-2. The van der Waals surface area contributed by atoms with Crippen LogP contribution in [0.5, 0.6) is 0 Å². The topological polar surface area (TPSA) is 38.9 Å². The molecule has 273 valence electrons. The van der Waals surface area contributed by atoms with Crippen molar-refractivity contribution in [3.8, 4) is 22.5 Å². The number of furan rings is 1. The van der Waals surface area contributed by atoms with Crippen LogP contribution in [-0.2, 0) is 37.3 Å². The summed E-state index contributed by atoms with van der Waals surface area (Å²) in [6, 6.07) is 33.2. The Bertz CT molecular complexity index is 2870. The molecule has 0 saturated carbocycles. The van der Waals surface area contributed by atoms with Crippen molar-refractivity contribution in [1.29, 1.82) is 0 Å². The first-order valence-corrected chi connectivity index (χ1v) is 17.4. The Labute approximate surface area is 346 Å². The van der Waals surface area contributed by atoms with E-state index in [0.717, 1.165) is 33.7 Å². The first-order chi connectivity index (χ1) is 29.4. The van der Waals surface area contributed by atoms with Crippen molar-refractivity contribution in [2.24, 2.45) is 5.41 Å². The van der Waals surface area contributed by atoms with Crippen LogP contribution in [0, 0.1) is 38.1 Å². The number of aromatic nitrogens is 2. The normalized spacial score (nSPS) is 21.5. The molecule has 3 aromatic heterocycles. The molecule has 0 fully saturated rings. The number of hydrogen-bond donors (Lipinski definition) is 0. The van der Waals surface area contributed by atoms with E-state index in [-0.39, 0.29) is 42.5 Å². The van der Waals surface area contributed by atoms with Crippen molar-refractivity contribution in [2.75, 3.05) is 0 Å². The number of fused-ring (bicyclic) bond motifs is 4. The van der Waals surface area contributed by atoms with Gasteiger partial charge in [-0.25, -0.2) is 0 Å². The van der Waals surface area contributed by atoms with Crippen molar-refractivity contribution in [3.63, 3.8) is 0 Å². The molecule has 4 aromatic carbocycles. The quantitative estimate of drug-likeness (QED) is 0.165. The minimum absolute atomic E-state index is 0. The molecule has 1 radical (unpaired) electrons. The van der Waals surface area contributed by atoms with Crippen molar-refractivity contribution in [2.45, 2.75) is 92.1 Å². The van der Waals surface area contributed by atoms with Crippen LogP contribution in [0.25, 0.3) is 44.5 Å². The number of rotatable bonds is 4. The van der Waals surface area contributed by atoms with Crippen molar-refractivity contribution < 1.29 is 41.0 Å². The molecule has 0 aliphatic heterocycles. The number of aryl methyl sites for hydroxylation is 3. The largest absolute Gasteiger partial charge is 0.501 e. The Hall–Kier alpha value is -4.37. The summed E-state index contributed by atoms with van der Waals surface area (Å²) in [7, 11) is 0. The fourth-order valence-electron chi connectivity index (χ4n) is 7.65. The summed E-state index contributed by atoms with van der Waals surface area (Å²) in [6.07, 6.45) is 1.18. The van der Waals surface area contributed by atoms with Crippen LogP contribution in [0.3, 0.4) is 0 Å². The minimum atomic E-state index is -2.64. The molecule has 1 aliphatic carbocycles. The third-order valence-electron chi connectivity index (χ3n) is 9.76. The first-order valence-electron chi connectivity index (χ1n) is 23.4. The molecule has 0 saturated heterocycles. The van der Waals surface area contributed by atoms with Crippen LogP contribution < -0.4 is 0 Å². The van der Waals surface area contributed by atoms with E-state index < -0.39 is 49.1 Å². The van der Waals surface area contributed by atoms with Gasteiger partial charge < -0.3 is 14.4 Å². The molecule has 3 nitrogen and oxygen atoms in total. The van der Waals surface area contributed by atoms with Crippen LogP contribution in [0.15, 0.2) is 108 Å². The predicted molar refractivity (Wildman–Crippen MR) is 217 cm³/mol. The van der Waals surface area contributed by atoms with Crippen molar-refractivity contribution in [3.05, 3.63) is 154 Å². The number of pyridine rings is 2. The van der Waals surface area contributed by atoms with Gasteiger partial charge in [0.15, 0.2) is 0 Å². The van der Waals surface area contributed by atoms with Gasteiger partial charge in [0, 0.05) is 60.2 Å². The fraction of sp³-hybridized carbons (Fsp3) is 0.306. The van der Waals surface area contributed by atoms with Gasteiger partial charge in [-0.2, -0.15) is 0 Å². The fourth-order valence-corrected chi connectivity index (χ4v) is 7.65. The molecule has 0 spiro atoms. The summed E-state index contributed by atoms with van der Waals surface area (Å²) in [4.78, 5) is 8.60. The summed E-state index contributed by atoms with van der Waals surface area (Å²) in [6.45, 7) is 6.62. The molecule has 1 atom stereocenters. The third-order valence-corrected chi connectivity index (χ3v) is 9.76. The van der Waals surface area contributed by atoms with Crippen LogP contribution in [0.1, 0.15) is 110 Å². The molecule has 3 heterocycles. The van der Waals surface area contributed by atoms with Gasteiger partial charge in [0.2, 0.25) is 0 Å². The van der Waals surface area contributed by atoms with Gasteiger partial charge in [0.1, 0.15) is 5.58 Å². The zero-order chi connectivity index (χ0) is 47.2. The minimum Gasteiger partial charge on any atom is -0.501 e.